The molecule has 1 aromatic heterocycles. The molecule has 0 aliphatic carbocycles. The normalized spacial score (nSPS) is 26.4. The van der Waals surface area contributed by atoms with Crippen LogP contribution >= 0.6 is 0 Å². The summed E-state index contributed by atoms with van der Waals surface area (Å²) in [7, 11) is 1.94. The minimum atomic E-state index is -0.257. The molecule has 0 unspecified atom stereocenters. The molecule has 146 valence electrons. The van der Waals surface area contributed by atoms with E-state index >= 15 is 0 Å². The largest absolute Gasteiger partial charge is 0.385 e. The smallest absolute Gasteiger partial charge is 0.125 e. The van der Waals surface area contributed by atoms with Crippen molar-refractivity contribution in [3.05, 3.63) is 48.0 Å². The van der Waals surface area contributed by atoms with Gasteiger partial charge in [-0.15, -0.1) is 0 Å². The molecule has 2 saturated heterocycles. The van der Waals surface area contributed by atoms with E-state index in [1.807, 2.05) is 24.0 Å². The Morgan fingerprint density at radius 1 is 1.41 bits per heavy atom. The molecule has 3 heterocycles. The van der Waals surface area contributed by atoms with E-state index in [9.17, 15) is 4.39 Å². The molecule has 4 rings (SSSR count). The highest BCUT2D eigenvalue weighted by Crippen LogP contribution is 2.33. The van der Waals surface area contributed by atoms with Gasteiger partial charge in [0, 0.05) is 56.6 Å². The third-order valence-electron chi connectivity index (χ3n) is 5.30. The molecule has 7 heteroatoms. The summed E-state index contributed by atoms with van der Waals surface area (Å²) in [6, 6.07) is 6.59. The number of anilines is 1. The number of hydrogen-bond donors (Lipinski definition) is 1. The summed E-state index contributed by atoms with van der Waals surface area (Å²) in [6.45, 7) is 5.43. The van der Waals surface area contributed by atoms with Crippen molar-refractivity contribution in [3.63, 3.8) is 0 Å². The molecule has 1 spiro atoms. The predicted molar refractivity (Wildman–Crippen MR) is 101 cm³/mol. The molecule has 0 bridgehead atoms. The van der Waals surface area contributed by atoms with Gasteiger partial charge in [0.05, 0.1) is 26.0 Å². The minimum absolute atomic E-state index is 0.220. The highest BCUT2D eigenvalue weighted by molar-refractivity contribution is 5.43. The molecule has 1 N–H and O–H groups in total. The van der Waals surface area contributed by atoms with Gasteiger partial charge in [-0.3, -0.25) is 9.58 Å². The predicted octanol–water partition coefficient (Wildman–Crippen LogP) is 2.28. The average molecular weight is 374 g/mol. The van der Waals surface area contributed by atoms with Crippen LogP contribution in [0.25, 0.3) is 0 Å². The lowest BCUT2D eigenvalue weighted by Crippen LogP contribution is -2.43. The summed E-state index contributed by atoms with van der Waals surface area (Å²) >= 11 is 0. The Labute approximate surface area is 159 Å². The second-order valence-electron chi connectivity index (χ2n) is 7.74. The number of rotatable bonds is 5. The van der Waals surface area contributed by atoms with Crippen molar-refractivity contribution < 1.29 is 13.9 Å². The monoisotopic (exact) mass is 374 g/mol. The number of aryl methyl sites for hydroxylation is 1. The minimum Gasteiger partial charge on any atom is -0.385 e. The Morgan fingerprint density at radius 3 is 3.15 bits per heavy atom. The lowest BCUT2D eigenvalue weighted by molar-refractivity contribution is -0.0562. The molecule has 2 atom stereocenters. The van der Waals surface area contributed by atoms with Crippen LogP contribution in [0.4, 0.5) is 10.1 Å². The molecule has 0 amide bonds. The number of ether oxygens (including phenoxy) is 2. The van der Waals surface area contributed by atoms with Crippen LogP contribution in [0.3, 0.4) is 0 Å². The van der Waals surface area contributed by atoms with E-state index in [-0.39, 0.29) is 11.4 Å². The Hall–Kier alpha value is -1.96. The fourth-order valence-electron chi connectivity index (χ4n) is 4.07. The maximum atomic E-state index is 13.3. The number of benzene rings is 1. The Morgan fingerprint density at radius 2 is 2.33 bits per heavy atom. The van der Waals surface area contributed by atoms with Gasteiger partial charge in [0.2, 0.25) is 0 Å². The second kappa shape index (κ2) is 7.96. The van der Waals surface area contributed by atoms with Crippen LogP contribution in [0.5, 0.6) is 0 Å². The number of nitrogens with zero attached hydrogens (tertiary/aromatic N) is 3. The summed E-state index contributed by atoms with van der Waals surface area (Å²) in [5, 5.41) is 7.59. The van der Waals surface area contributed by atoms with E-state index in [0.29, 0.717) is 19.1 Å². The summed E-state index contributed by atoms with van der Waals surface area (Å²) in [5.74, 6) is 0.164. The van der Waals surface area contributed by atoms with E-state index in [2.05, 4.69) is 21.5 Å². The van der Waals surface area contributed by atoms with E-state index < -0.39 is 0 Å². The first-order valence-corrected chi connectivity index (χ1v) is 9.51. The summed E-state index contributed by atoms with van der Waals surface area (Å²) in [4.78, 5) is 2.40. The maximum absolute atomic E-state index is 13.3. The highest BCUT2D eigenvalue weighted by atomic mass is 19.1. The molecule has 6 nitrogen and oxygen atoms in total. The van der Waals surface area contributed by atoms with E-state index in [1.165, 1.54) is 17.7 Å². The molecule has 2 aromatic rings. The molecule has 0 saturated carbocycles. The Bertz CT molecular complexity index is 768. The lowest BCUT2D eigenvalue weighted by Gasteiger charge is -2.31. The fourth-order valence-corrected chi connectivity index (χ4v) is 4.07. The van der Waals surface area contributed by atoms with Gasteiger partial charge in [-0.05, 0) is 24.6 Å². The van der Waals surface area contributed by atoms with Crippen LogP contribution in [0.15, 0.2) is 36.7 Å². The van der Waals surface area contributed by atoms with Crippen molar-refractivity contribution in [1.82, 2.24) is 14.7 Å². The van der Waals surface area contributed by atoms with Gasteiger partial charge in [-0.2, -0.15) is 5.10 Å². The van der Waals surface area contributed by atoms with Crippen molar-refractivity contribution in [3.8, 4) is 0 Å². The molecule has 2 aliphatic heterocycles. The molecule has 0 radical (unpaired) electrons. The molecular formula is C20H27FN4O2. The fraction of sp³-hybridized carbons (Fsp3) is 0.550. The van der Waals surface area contributed by atoms with Gasteiger partial charge < -0.3 is 14.8 Å². The first-order valence-electron chi connectivity index (χ1n) is 9.51. The molecule has 2 fully saturated rings. The zero-order chi connectivity index (χ0) is 18.7. The van der Waals surface area contributed by atoms with Crippen LogP contribution in [-0.2, 0) is 23.1 Å². The van der Waals surface area contributed by atoms with Crippen molar-refractivity contribution in [2.24, 2.45) is 13.0 Å². The first-order chi connectivity index (χ1) is 13.1. The van der Waals surface area contributed by atoms with Crippen molar-refractivity contribution in [2.75, 3.05) is 44.8 Å². The lowest BCUT2D eigenvalue weighted by atomic mass is 9.94. The SMILES string of the molecule is Cn1cc(CN2CCOC[C@@]3(C[C@@H](CNc4cccc(F)c4)CO3)C2)cn1. The molecule has 27 heavy (non-hydrogen) atoms. The van der Waals surface area contributed by atoms with Gasteiger partial charge in [0.1, 0.15) is 11.4 Å². The number of aromatic nitrogens is 2. The summed E-state index contributed by atoms with van der Waals surface area (Å²) in [5.41, 5.74) is 1.76. The number of hydrogen-bond acceptors (Lipinski definition) is 5. The Balaban J connectivity index is 1.34. The van der Waals surface area contributed by atoms with Crippen LogP contribution in [-0.4, -0.2) is 59.7 Å². The molecular weight excluding hydrogens is 347 g/mol. The number of nitrogens with one attached hydrogen (secondary N) is 1. The summed E-state index contributed by atoms with van der Waals surface area (Å²) in [6.07, 6.45) is 4.91. The highest BCUT2D eigenvalue weighted by Gasteiger charge is 2.43. The third-order valence-corrected chi connectivity index (χ3v) is 5.30. The van der Waals surface area contributed by atoms with E-state index in [1.54, 1.807) is 6.07 Å². The molecule has 2 aliphatic rings. The zero-order valence-corrected chi connectivity index (χ0v) is 15.7. The van der Waals surface area contributed by atoms with Gasteiger partial charge in [-0.25, -0.2) is 4.39 Å². The third kappa shape index (κ3) is 4.66. The van der Waals surface area contributed by atoms with Gasteiger partial charge in [0.25, 0.3) is 0 Å². The van der Waals surface area contributed by atoms with E-state index in [0.717, 1.165) is 44.9 Å². The molecule has 1 aromatic carbocycles. The van der Waals surface area contributed by atoms with Gasteiger partial charge >= 0.3 is 0 Å². The maximum Gasteiger partial charge on any atom is 0.125 e. The van der Waals surface area contributed by atoms with Crippen molar-refractivity contribution >= 4 is 5.69 Å². The second-order valence-corrected chi connectivity index (χ2v) is 7.74. The van der Waals surface area contributed by atoms with E-state index in [4.69, 9.17) is 9.47 Å². The van der Waals surface area contributed by atoms with Crippen LogP contribution < -0.4 is 5.32 Å². The quantitative estimate of drug-likeness (QED) is 0.870. The first kappa shape index (κ1) is 18.4. The van der Waals surface area contributed by atoms with Crippen molar-refractivity contribution in [2.45, 2.75) is 18.6 Å². The standard InChI is InChI=1S/C20H27FN4O2/c1-24-11-17(10-23-24)12-25-5-6-26-15-20(14-25)8-16(13-27-20)9-22-19-4-2-3-18(21)7-19/h2-4,7,10-11,16,22H,5-6,8-9,12-15H2,1H3/t16-,20+/m0/s1. The van der Waals surface area contributed by atoms with Gasteiger partial charge in [-0.1, -0.05) is 6.07 Å². The average Bonchev–Trinajstić information content (AvgIpc) is 3.17. The Kier molecular flexibility index (Phi) is 5.43. The zero-order valence-electron chi connectivity index (χ0n) is 15.7. The van der Waals surface area contributed by atoms with Gasteiger partial charge in [0.15, 0.2) is 0 Å². The number of halogens is 1. The van der Waals surface area contributed by atoms with Crippen LogP contribution in [0, 0.1) is 11.7 Å². The van der Waals surface area contributed by atoms with Crippen LogP contribution in [0.2, 0.25) is 0 Å². The summed E-state index contributed by atoms with van der Waals surface area (Å²) < 4.78 is 27.3. The van der Waals surface area contributed by atoms with Crippen molar-refractivity contribution in [1.29, 1.82) is 0 Å². The topological polar surface area (TPSA) is 51.5 Å². The van der Waals surface area contributed by atoms with Crippen LogP contribution in [0.1, 0.15) is 12.0 Å².